The summed E-state index contributed by atoms with van der Waals surface area (Å²) in [6.07, 6.45) is -0.777. The van der Waals surface area contributed by atoms with Crippen LogP contribution in [0.4, 0.5) is 10.5 Å². The van der Waals surface area contributed by atoms with Crippen molar-refractivity contribution in [2.45, 2.75) is 45.3 Å². The van der Waals surface area contributed by atoms with Crippen molar-refractivity contribution in [1.29, 1.82) is 0 Å². The zero-order chi connectivity index (χ0) is 21.9. The lowest BCUT2D eigenvalue weighted by Crippen LogP contribution is -2.45. The van der Waals surface area contributed by atoms with E-state index in [-0.39, 0.29) is 0 Å². The number of amides is 2. The van der Waals surface area contributed by atoms with Crippen molar-refractivity contribution >= 4 is 23.7 Å². The van der Waals surface area contributed by atoms with E-state index in [1.165, 1.54) is 0 Å². The molecule has 0 aliphatic carbocycles. The molecule has 1 atom stereocenters. The van der Waals surface area contributed by atoms with E-state index < -0.39 is 36.0 Å². The van der Waals surface area contributed by atoms with Gasteiger partial charge in [-0.1, -0.05) is 24.3 Å². The highest BCUT2D eigenvalue weighted by molar-refractivity contribution is 5.96. The number of para-hydroxylation sites is 1. The monoisotopic (exact) mass is 412 g/mol. The number of nitrogens with one attached hydrogen (secondary N) is 2. The molecule has 158 valence electrons. The number of benzene rings is 2. The maximum Gasteiger partial charge on any atom is 0.408 e. The lowest BCUT2D eigenvalue weighted by atomic mass is 9.98. The van der Waals surface area contributed by atoms with E-state index in [2.05, 4.69) is 10.6 Å². The van der Waals surface area contributed by atoms with Crippen molar-refractivity contribution in [2.24, 2.45) is 0 Å². The predicted molar refractivity (Wildman–Crippen MR) is 110 cm³/mol. The van der Waals surface area contributed by atoms with Crippen LogP contribution in [-0.4, -0.2) is 34.7 Å². The molecule has 0 radical (unpaired) electrons. The van der Waals surface area contributed by atoms with E-state index in [1.807, 2.05) is 30.3 Å². The Labute approximate surface area is 174 Å². The molecule has 3 N–H and O–H groups in total. The van der Waals surface area contributed by atoms with Crippen LogP contribution in [0.25, 0.3) is 0 Å². The van der Waals surface area contributed by atoms with Crippen LogP contribution >= 0.6 is 0 Å². The summed E-state index contributed by atoms with van der Waals surface area (Å²) in [5.74, 6) is -0.483. The highest BCUT2D eigenvalue weighted by Crippen LogP contribution is 2.39. The van der Waals surface area contributed by atoms with Gasteiger partial charge in [0.05, 0.1) is 6.42 Å². The number of aliphatic carboxylic acids is 1. The number of carbonyl (C=O) groups excluding carboxylic acids is 2. The summed E-state index contributed by atoms with van der Waals surface area (Å²) in [4.78, 5) is 35.9. The minimum atomic E-state index is -1.42. The maximum atomic E-state index is 12.5. The topological polar surface area (TPSA) is 114 Å². The van der Waals surface area contributed by atoms with Gasteiger partial charge in [0.2, 0.25) is 5.91 Å². The van der Waals surface area contributed by atoms with Gasteiger partial charge in [-0.25, -0.2) is 9.59 Å². The fourth-order valence-corrected chi connectivity index (χ4v) is 3.06. The Balaban J connectivity index is 1.69. The fraction of sp³-hybridized carbons (Fsp3) is 0.318. The SMILES string of the molecule is CC(C)(C)OC(=O)N[C@@H](CC(=O)Nc1cccc2c1Cc1ccccc1O2)C(=O)O. The summed E-state index contributed by atoms with van der Waals surface area (Å²) in [6.45, 7) is 4.98. The molecule has 8 heteroatoms. The fourth-order valence-electron chi connectivity index (χ4n) is 3.06. The first-order valence-corrected chi connectivity index (χ1v) is 9.52. The average Bonchev–Trinajstić information content (AvgIpc) is 2.64. The van der Waals surface area contributed by atoms with E-state index in [9.17, 15) is 19.5 Å². The third kappa shape index (κ3) is 5.28. The minimum absolute atomic E-state index is 0.449. The van der Waals surface area contributed by atoms with Crippen molar-refractivity contribution in [2.75, 3.05) is 5.32 Å². The number of fused-ring (bicyclic) bond motifs is 2. The summed E-state index contributed by atoms with van der Waals surface area (Å²) in [5, 5.41) is 14.3. The number of carbonyl (C=O) groups is 3. The van der Waals surface area contributed by atoms with Gasteiger partial charge in [0.25, 0.3) is 0 Å². The van der Waals surface area contributed by atoms with Gasteiger partial charge in [0, 0.05) is 17.7 Å². The van der Waals surface area contributed by atoms with Crippen LogP contribution in [0, 0.1) is 0 Å². The molecule has 30 heavy (non-hydrogen) atoms. The van der Waals surface area contributed by atoms with Crippen LogP contribution in [0.5, 0.6) is 11.5 Å². The Kier molecular flexibility index (Phi) is 5.96. The van der Waals surface area contributed by atoms with E-state index in [0.717, 1.165) is 16.9 Å². The second kappa shape index (κ2) is 8.44. The van der Waals surface area contributed by atoms with Crippen LogP contribution in [0.1, 0.15) is 38.3 Å². The van der Waals surface area contributed by atoms with Crippen LogP contribution in [0.3, 0.4) is 0 Å². The lowest BCUT2D eigenvalue weighted by molar-refractivity contribution is -0.141. The molecule has 2 amide bonds. The zero-order valence-corrected chi connectivity index (χ0v) is 17.0. The number of hydrogen-bond donors (Lipinski definition) is 3. The highest BCUT2D eigenvalue weighted by atomic mass is 16.6. The van der Waals surface area contributed by atoms with Crippen LogP contribution in [-0.2, 0) is 20.7 Å². The molecule has 0 saturated heterocycles. The summed E-state index contributed by atoms with van der Waals surface area (Å²) in [6, 6.07) is 11.5. The normalized spacial score (nSPS) is 13.2. The van der Waals surface area contributed by atoms with Gasteiger partial charge >= 0.3 is 12.1 Å². The van der Waals surface area contributed by atoms with Crippen LogP contribution in [0.2, 0.25) is 0 Å². The Hall–Kier alpha value is -3.55. The van der Waals surface area contributed by atoms with Gasteiger partial charge in [0.15, 0.2) is 0 Å². The third-order valence-electron chi connectivity index (χ3n) is 4.35. The number of carboxylic acid groups (broad SMARTS) is 1. The Bertz CT molecular complexity index is 980. The van der Waals surface area contributed by atoms with Gasteiger partial charge in [-0.3, -0.25) is 4.79 Å². The molecular formula is C22H24N2O6. The van der Waals surface area contributed by atoms with Gasteiger partial charge in [-0.15, -0.1) is 0 Å². The van der Waals surface area contributed by atoms with E-state index in [4.69, 9.17) is 9.47 Å². The minimum Gasteiger partial charge on any atom is -0.480 e. The molecule has 8 nitrogen and oxygen atoms in total. The van der Waals surface area contributed by atoms with Crippen molar-refractivity contribution in [1.82, 2.24) is 5.32 Å². The number of rotatable bonds is 5. The van der Waals surface area contributed by atoms with E-state index in [0.29, 0.717) is 17.9 Å². The summed E-state index contributed by atoms with van der Waals surface area (Å²) in [5.41, 5.74) is 1.54. The lowest BCUT2D eigenvalue weighted by Gasteiger charge is -2.23. The predicted octanol–water partition coefficient (Wildman–Crippen LogP) is 3.69. The quantitative estimate of drug-likeness (QED) is 0.589. The number of ether oxygens (including phenoxy) is 2. The van der Waals surface area contributed by atoms with E-state index in [1.54, 1.807) is 32.9 Å². The second-order valence-corrected chi connectivity index (χ2v) is 7.96. The van der Waals surface area contributed by atoms with Crippen LogP contribution in [0.15, 0.2) is 42.5 Å². The first-order chi connectivity index (χ1) is 14.1. The third-order valence-corrected chi connectivity index (χ3v) is 4.35. The molecule has 3 rings (SSSR count). The molecule has 0 bridgehead atoms. The molecule has 1 heterocycles. The molecule has 0 fully saturated rings. The molecule has 2 aromatic rings. The molecule has 0 saturated carbocycles. The molecular weight excluding hydrogens is 388 g/mol. The molecule has 1 aliphatic heterocycles. The van der Waals surface area contributed by atoms with Crippen molar-refractivity contribution in [3.8, 4) is 11.5 Å². The van der Waals surface area contributed by atoms with E-state index >= 15 is 0 Å². The molecule has 0 spiro atoms. The number of anilines is 1. The molecule has 2 aromatic carbocycles. The number of hydrogen-bond acceptors (Lipinski definition) is 5. The van der Waals surface area contributed by atoms with Gasteiger partial charge in [-0.05, 0) is 44.5 Å². The summed E-state index contributed by atoms with van der Waals surface area (Å²) < 4.78 is 11.0. The van der Waals surface area contributed by atoms with Crippen molar-refractivity contribution < 1.29 is 29.0 Å². The van der Waals surface area contributed by atoms with Crippen molar-refractivity contribution in [3.05, 3.63) is 53.6 Å². The average molecular weight is 412 g/mol. The summed E-state index contributed by atoms with van der Waals surface area (Å²) in [7, 11) is 0. The Morgan fingerprint density at radius 1 is 1.10 bits per heavy atom. The second-order valence-electron chi connectivity index (χ2n) is 7.96. The van der Waals surface area contributed by atoms with Crippen molar-refractivity contribution in [3.63, 3.8) is 0 Å². The largest absolute Gasteiger partial charge is 0.480 e. The first-order valence-electron chi connectivity index (χ1n) is 9.52. The van der Waals surface area contributed by atoms with Crippen LogP contribution < -0.4 is 15.4 Å². The smallest absolute Gasteiger partial charge is 0.408 e. The Morgan fingerprint density at radius 2 is 1.80 bits per heavy atom. The first kappa shape index (κ1) is 21.2. The molecule has 1 aliphatic rings. The Morgan fingerprint density at radius 3 is 2.50 bits per heavy atom. The molecule has 0 aromatic heterocycles. The van der Waals surface area contributed by atoms with Gasteiger partial charge in [-0.2, -0.15) is 0 Å². The number of carboxylic acids is 1. The zero-order valence-electron chi connectivity index (χ0n) is 17.0. The summed E-state index contributed by atoms with van der Waals surface area (Å²) >= 11 is 0. The van der Waals surface area contributed by atoms with Gasteiger partial charge in [0.1, 0.15) is 23.1 Å². The standard InChI is InChI=1S/C22H24N2O6/c1-22(2,3)30-21(28)24-16(20(26)27)12-19(25)23-15-8-6-10-18-14(15)11-13-7-4-5-9-17(13)29-18/h4-10,16H,11-12H2,1-3H3,(H,23,25)(H,24,28)(H,26,27)/t16-/m0/s1. The molecule has 0 unspecified atom stereocenters. The number of alkyl carbamates (subject to hydrolysis) is 1. The van der Waals surface area contributed by atoms with Gasteiger partial charge < -0.3 is 25.2 Å². The maximum absolute atomic E-state index is 12.5. The highest BCUT2D eigenvalue weighted by Gasteiger charge is 2.27.